The first-order chi connectivity index (χ1) is 7.54. The Morgan fingerprint density at radius 3 is 2.94 bits per heavy atom. The van der Waals surface area contributed by atoms with Gasteiger partial charge in [-0.15, -0.1) is 0 Å². The second-order valence-electron chi connectivity index (χ2n) is 3.47. The van der Waals surface area contributed by atoms with Gasteiger partial charge in [-0.3, -0.25) is 4.79 Å². The molecule has 1 amide bonds. The lowest BCUT2D eigenvalue weighted by Gasteiger charge is -2.10. The fraction of sp³-hybridized carbons (Fsp3) is 0.273. The average molecular weight is 238 g/mol. The maximum Gasteiger partial charge on any atom is 0.251 e. The van der Waals surface area contributed by atoms with E-state index in [4.69, 9.17) is 22.6 Å². The molecule has 3 N–H and O–H groups in total. The summed E-state index contributed by atoms with van der Waals surface area (Å²) < 4.78 is 0. The zero-order valence-electron chi connectivity index (χ0n) is 8.83. The third-order valence-electron chi connectivity index (χ3n) is 2.04. The molecule has 0 aliphatic rings. The van der Waals surface area contributed by atoms with Crippen molar-refractivity contribution in [3.63, 3.8) is 0 Å². The van der Waals surface area contributed by atoms with Crippen LogP contribution < -0.4 is 11.1 Å². The van der Waals surface area contributed by atoms with Gasteiger partial charge in [-0.1, -0.05) is 11.6 Å². The van der Waals surface area contributed by atoms with Crippen molar-refractivity contribution in [3.8, 4) is 6.07 Å². The molecule has 0 fully saturated rings. The third-order valence-corrected chi connectivity index (χ3v) is 2.36. The lowest BCUT2D eigenvalue weighted by Crippen LogP contribution is -2.32. The number of rotatable bonds is 3. The standard InChI is InChI=1S/C11H12ClN3O/c1-7(4-5-13)15-11(16)8-2-3-10(14)9(12)6-8/h2-3,6-7H,4,14H2,1H3,(H,15,16). The van der Waals surface area contributed by atoms with E-state index in [1.165, 1.54) is 6.07 Å². The molecular weight excluding hydrogens is 226 g/mol. The highest BCUT2D eigenvalue weighted by Crippen LogP contribution is 2.19. The number of hydrogen-bond acceptors (Lipinski definition) is 3. The maximum atomic E-state index is 11.7. The van der Waals surface area contributed by atoms with E-state index in [2.05, 4.69) is 5.32 Å². The number of nitrogens with one attached hydrogen (secondary N) is 1. The number of carbonyl (C=O) groups excluding carboxylic acids is 1. The minimum Gasteiger partial charge on any atom is -0.398 e. The molecule has 0 aromatic heterocycles. The Hall–Kier alpha value is -1.73. The van der Waals surface area contributed by atoms with Gasteiger partial charge in [0.1, 0.15) is 0 Å². The first-order valence-electron chi connectivity index (χ1n) is 4.77. The van der Waals surface area contributed by atoms with Crippen molar-refractivity contribution in [3.05, 3.63) is 28.8 Å². The molecule has 84 valence electrons. The van der Waals surface area contributed by atoms with Crippen LogP contribution in [-0.4, -0.2) is 11.9 Å². The van der Waals surface area contributed by atoms with Crippen molar-refractivity contribution in [1.82, 2.24) is 5.32 Å². The summed E-state index contributed by atoms with van der Waals surface area (Å²) >= 11 is 5.80. The Kier molecular flexibility index (Phi) is 4.15. The molecule has 1 aromatic rings. The fourth-order valence-corrected chi connectivity index (χ4v) is 1.34. The summed E-state index contributed by atoms with van der Waals surface area (Å²) in [6.45, 7) is 1.76. The van der Waals surface area contributed by atoms with E-state index in [9.17, 15) is 4.79 Å². The van der Waals surface area contributed by atoms with Crippen molar-refractivity contribution >= 4 is 23.2 Å². The lowest BCUT2D eigenvalue weighted by molar-refractivity contribution is 0.0941. The van der Waals surface area contributed by atoms with Gasteiger partial charge < -0.3 is 11.1 Å². The molecule has 1 unspecified atom stereocenters. The molecule has 1 aromatic carbocycles. The fourth-order valence-electron chi connectivity index (χ4n) is 1.16. The number of hydrogen-bond donors (Lipinski definition) is 2. The van der Waals surface area contributed by atoms with E-state index in [0.29, 0.717) is 16.3 Å². The molecule has 16 heavy (non-hydrogen) atoms. The van der Waals surface area contributed by atoms with Crippen LogP contribution in [0.25, 0.3) is 0 Å². The first-order valence-corrected chi connectivity index (χ1v) is 5.15. The van der Waals surface area contributed by atoms with Gasteiger partial charge in [-0.2, -0.15) is 5.26 Å². The number of nitrogen functional groups attached to an aromatic ring is 1. The van der Waals surface area contributed by atoms with E-state index in [0.717, 1.165) is 0 Å². The number of benzene rings is 1. The van der Waals surface area contributed by atoms with Crippen LogP contribution in [0.3, 0.4) is 0 Å². The molecule has 0 saturated carbocycles. The predicted octanol–water partition coefficient (Wildman–Crippen LogP) is 1.95. The molecule has 5 heteroatoms. The molecule has 1 atom stereocenters. The summed E-state index contributed by atoms with van der Waals surface area (Å²) in [7, 11) is 0. The molecule has 0 heterocycles. The van der Waals surface area contributed by atoms with E-state index in [1.54, 1.807) is 19.1 Å². The van der Waals surface area contributed by atoms with E-state index in [-0.39, 0.29) is 18.4 Å². The number of nitrogens with two attached hydrogens (primary N) is 1. The molecule has 0 aliphatic carbocycles. The van der Waals surface area contributed by atoms with Crippen LogP contribution in [0.1, 0.15) is 23.7 Å². The topological polar surface area (TPSA) is 78.9 Å². The number of nitrogens with zero attached hydrogens (tertiary/aromatic N) is 1. The minimum absolute atomic E-state index is 0.186. The largest absolute Gasteiger partial charge is 0.398 e. The van der Waals surface area contributed by atoms with Crippen LogP contribution in [0, 0.1) is 11.3 Å². The average Bonchev–Trinajstić information content (AvgIpc) is 2.22. The molecular formula is C11H12ClN3O. The molecule has 0 aliphatic heterocycles. The molecule has 0 bridgehead atoms. The highest BCUT2D eigenvalue weighted by molar-refractivity contribution is 6.33. The third kappa shape index (κ3) is 3.14. The van der Waals surface area contributed by atoms with Crippen LogP contribution in [0.15, 0.2) is 18.2 Å². The number of nitriles is 1. The SMILES string of the molecule is CC(CC#N)NC(=O)c1ccc(N)c(Cl)c1. The van der Waals surface area contributed by atoms with Crippen molar-refractivity contribution in [2.75, 3.05) is 5.73 Å². The summed E-state index contributed by atoms with van der Waals surface area (Å²) in [5, 5.41) is 11.5. The molecule has 0 saturated heterocycles. The number of halogens is 1. The van der Waals surface area contributed by atoms with Crippen LogP contribution in [0.4, 0.5) is 5.69 Å². The zero-order chi connectivity index (χ0) is 12.1. The summed E-state index contributed by atoms with van der Waals surface area (Å²) in [6, 6.07) is 6.47. The quantitative estimate of drug-likeness (QED) is 0.789. The maximum absolute atomic E-state index is 11.7. The predicted molar refractivity (Wildman–Crippen MR) is 63.0 cm³/mol. The van der Waals surface area contributed by atoms with E-state index >= 15 is 0 Å². The summed E-state index contributed by atoms with van der Waals surface area (Å²) in [5.41, 5.74) is 6.40. The van der Waals surface area contributed by atoms with Gasteiger partial charge in [0, 0.05) is 11.6 Å². The highest BCUT2D eigenvalue weighted by Gasteiger charge is 2.10. The van der Waals surface area contributed by atoms with Gasteiger partial charge in [-0.05, 0) is 25.1 Å². The smallest absolute Gasteiger partial charge is 0.251 e. The Bertz CT molecular complexity index is 439. The van der Waals surface area contributed by atoms with Crippen molar-refractivity contribution in [2.24, 2.45) is 0 Å². The monoisotopic (exact) mass is 237 g/mol. The van der Waals surface area contributed by atoms with Crippen LogP contribution in [-0.2, 0) is 0 Å². The normalized spacial score (nSPS) is 11.6. The van der Waals surface area contributed by atoms with Gasteiger partial charge in [0.15, 0.2) is 0 Å². The Morgan fingerprint density at radius 1 is 1.69 bits per heavy atom. The highest BCUT2D eigenvalue weighted by atomic mass is 35.5. The van der Waals surface area contributed by atoms with Crippen molar-refractivity contribution in [1.29, 1.82) is 5.26 Å². The molecule has 0 radical (unpaired) electrons. The summed E-state index contributed by atoms with van der Waals surface area (Å²) in [4.78, 5) is 11.7. The van der Waals surface area contributed by atoms with Crippen molar-refractivity contribution in [2.45, 2.75) is 19.4 Å². The second-order valence-corrected chi connectivity index (χ2v) is 3.88. The van der Waals surface area contributed by atoms with Crippen LogP contribution in [0.5, 0.6) is 0 Å². The molecule has 0 spiro atoms. The summed E-state index contributed by atoms with van der Waals surface area (Å²) in [6.07, 6.45) is 0.272. The number of carbonyl (C=O) groups is 1. The van der Waals surface area contributed by atoms with Gasteiger partial charge >= 0.3 is 0 Å². The minimum atomic E-state index is -0.260. The molecule has 1 rings (SSSR count). The first kappa shape index (κ1) is 12.3. The van der Waals surface area contributed by atoms with E-state index in [1.807, 2.05) is 6.07 Å². The van der Waals surface area contributed by atoms with Crippen LogP contribution >= 0.6 is 11.6 Å². The summed E-state index contributed by atoms with van der Waals surface area (Å²) in [5.74, 6) is -0.260. The van der Waals surface area contributed by atoms with Crippen molar-refractivity contribution < 1.29 is 4.79 Å². The van der Waals surface area contributed by atoms with Gasteiger partial charge in [0.25, 0.3) is 5.91 Å². The second kappa shape index (κ2) is 5.38. The Morgan fingerprint density at radius 2 is 2.38 bits per heavy atom. The number of amides is 1. The lowest BCUT2D eigenvalue weighted by atomic mass is 10.1. The Balaban J connectivity index is 2.74. The zero-order valence-corrected chi connectivity index (χ0v) is 9.58. The number of anilines is 1. The van der Waals surface area contributed by atoms with Gasteiger partial charge in [0.05, 0.1) is 23.2 Å². The Labute approximate surface area is 99.0 Å². The van der Waals surface area contributed by atoms with Gasteiger partial charge in [-0.25, -0.2) is 0 Å². The van der Waals surface area contributed by atoms with Crippen LogP contribution in [0.2, 0.25) is 5.02 Å². The van der Waals surface area contributed by atoms with E-state index < -0.39 is 0 Å². The molecule has 4 nitrogen and oxygen atoms in total. The van der Waals surface area contributed by atoms with Gasteiger partial charge in [0.2, 0.25) is 0 Å².